The van der Waals surface area contributed by atoms with E-state index in [1.807, 2.05) is 0 Å². The Kier molecular flexibility index (Phi) is 4.42. The third-order valence-electron chi connectivity index (χ3n) is 5.16. The highest BCUT2D eigenvalue weighted by Crippen LogP contribution is 2.31. The minimum absolute atomic E-state index is 0.316. The summed E-state index contributed by atoms with van der Waals surface area (Å²) in [4.78, 5) is 14.7. The molecule has 0 aromatic heterocycles. The molecule has 2 aliphatic carbocycles. The van der Waals surface area contributed by atoms with Crippen molar-refractivity contribution >= 4 is 5.91 Å². The first-order valence-corrected chi connectivity index (χ1v) is 8.34. The van der Waals surface area contributed by atoms with Gasteiger partial charge in [-0.2, -0.15) is 0 Å². The van der Waals surface area contributed by atoms with Gasteiger partial charge in [-0.3, -0.25) is 4.79 Å². The van der Waals surface area contributed by atoms with E-state index in [0.717, 1.165) is 12.5 Å². The highest BCUT2D eigenvalue weighted by atomic mass is 16.1. The zero-order valence-electron chi connectivity index (χ0n) is 12.1. The van der Waals surface area contributed by atoms with E-state index >= 15 is 0 Å². The average Bonchev–Trinajstić information content (AvgIpc) is 3.25. The molecule has 108 valence electrons. The van der Waals surface area contributed by atoms with Crippen molar-refractivity contribution in [2.45, 2.75) is 76.3 Å². The Morgan fingerprint density at radius 3 is 2.26 bits per heavy atom. The Labute approximate surface area is 117 Å². The third-order valence-corrected chi connectivity index (χ3v) is 5.16. The predicted octanol–water partition coefficient (Wildman–Crippen LogP) is 2.70. The molecule has 3 rings (SSSR count). The van der Waals surface area contributed by atoms with Crippen molar-refractivity contribution in [2.75, 3.05) is 13.1 Å². The number of rotatable bonds is 4. The average molecular weight is 264 g/mol. The lowest BCUT2D eigenvalue weighted by Gasteiger charge is -2.32. The summed E-state index contributed by atoms with van der Waals surface area (Å²) < 4.78 is 0. The van der Waals surface area contributed by atoms with Gasteiger partial charge in [0, 0.05) is 18.5 Å². The fourth-order valence-electron chi connectivity index (χ4n) is 3.76. The number of nitrogens with zero attached hydrogens (tertiary/aromatic N) is 1. The van der Waals surface area contributed by atoms with Gasteiger partial charge in [0.1, 0.15) is 0 Å². The van der Waals surface area contributed by atoms with Crippen LogP contribution < -0.4 is 5.32 Å². The third kappa shape index (κ3) is 3.95. The Morgan fingerprint density at radius 1 is 0.947 bits per heavy atom. The van der Waals surface area contributed by atoms with Gasteiger partial charge in [-0.25, -0.2) is 0 Å². The second-order valence-corrected chi connectivity index (χ2v) is 6.82. The monoisotopic (exact) mass is 264 g/mol. The zero-order valence-corrected chi connectivity index (χ0v) is 12.1. The number of piperidine rings is 1. The van der Waals surface area contributed by atoms with Gasteiger partial charge in [0.05, 0.1) is 0 Å². The molecule has 0 spiro atoms. The fraction of sp³-hybridized carbons (Fsp3) is 0.938. The molecule has 1 saturated heterocycles. The summed E-state index contributed by atoms with van der Waals surface area (Å²) in [7, 11) is 0. The molecule has 3 aliphatic rings. The second kappa shape index (κ2) is 6.25. The predicted molar refractivity (Wildman–Crippen MR) is 77.0 cm³/mol. The van der Waals surface area contributed by atoms with Crippen LogP contribution in [0.1, 0.15) is 64.2 Å². The van der Waals surface area contributed by atoms with Crippen LogP contribution in [0.2, 0.25) is 0 Å². The first-order chi connectivity index (χ1) is 9.31. The molecule has 0 aromatic rings. The van der Waals surface area contributed by atoms with Gasteiger partial charge in [0.2, 0.25) is 5.91 Å². The highest BCUT2D eigenvalue weighted by Gasteiger charge is 2.32. The van der Waals surface area contributed by atoms with Crippen molar-refractivity contribution in [1.29, 1.82) is 0 Å². The van der Waals surface area contributed by atoms with Gasteiger partial charge in [-0.15, -0.1) is 0 Å². The lowest BCUT2D eigenvalue weighted by Crippen LogP contribution is -2.40. The van der Waals surface area contributed by atoms with Gasteiger partial charge in [-0.05, 0) is 57.5 Å². The van der Waals surface area contributed by atoms with Crippen LogP contribution in [-0.2, 0) is 4.79 Å². The van der Waals surface area contributed by atoms with Crippen LogP contribution in [-0.4, -0.2) is 36.0 Å². The highest BCUT2D eigenvalue weighted by molar-refractivity contribution is 5.76. The van der Waals surface area contributed by atoms with E-state index in [0.29, 0.717) is 17.9 Å². The molecule has 0 atom stereocenters. The van der Waals surface area contributed by atoms with Crippen LogP contribution in [0.5, 0.6) is 0 Å². The summed E-state index contributed by atoms with van der Waals surface area (Å²) in [5.41, 5.74) is 0. The smallest absolute Gasteiger partial charge is 0.220 e. The molecule has 2 saturated carbocycles. The Hall–Kier alpha value is -0.570. The molecule has 19 heavy (non-hydrogen) atoms. The lowest BCUT2D eigenvalue weighted by molar-refractivity contribution is -0.123. The van der Waals surface area contributed by atoms with Crippen molar-refractivity contribution in [3.05, 3.63) is 0 Å². The number of carbonyl (C=O) groups excluding carboxylic acids is 1. The van der Waals surface area contributed by atoms with Crippen molar-refractivity contribution in [3.8, 4) is 0 Å². The summed E-state index contributed by atoms with van der Waals surface area (Å²) in [5, 5.41) is 3.26. The Balaban J connectivity index is 1.35. The fourth-order valence-corrected chi connectivity index (χ4v) is 3.76. The minimum Gasteiger partial charge on any atom is -0.353 e. The Bertz CT molecular complexity index is 300. The van der Waals surface area contributed by atoms with E-state index in [4.69, 9.17) is 0 Å². The van der Waals surface area contributed by atoms with Crippen LogP contribution in [0.3, 0.4) is 0 Å². The molecular weight excluding hydrogens is 236 g/mol. The van der Waals surface area contributed by atoms with E-state index in [1.54, 1.807) is 0 Å². The van der Waals surface area contributed by atoms with Crippen LogP contribution in [0.25, 0.3) is 0 Å². The standard InChI is InChI=1S/C16H28N2O/c19-16(17-14-4-2-1-3-5-14)12-13-8-10-18(11-9-13)15-6-7-15/h13-15H,1-12H2,(H,17,19). The molecular formula is C16H28N2O. The Morgan fingerprint density at radius 2 is 1.63 bits per heavy atom. The van der Waals surface area contributed by atoms with Crippen molar-refractivity contribution in [3.63, 3.8) is 0 Å². The van der Waals surface area contributed by atoms with Crippen molar-refractivity contribution in [2.24, 2.45) is 5.92 Å². The van der Waals surface area contributed by atoms with E-state index in [2.05, 4.69) is 10.2 Å². The summed E-state index contributed by atoms with van der Waals surface area (Å²) in [6, 6.07) is 1.38. The van der Waals surface area contributed by atoms with E-state index < -0.39 is 0 Å². The van der Waals surface area contributed by atoms with Crippen molar-refractivity contribution in [1.82, 2.24) is 10.2 Å². The summed E-state index contributed by atoms with van der Waals surface area (Å²) >= 11 is 0. The minimum atomic E-state index is 0.316. The molecule has 1 aliphatic heterocycles. The van der Waals surface area contributed by atoms with E-state index in [-0.39, 0.29) is 0 Å². The van der Waals surface area contributed by atoms with Crippen LogP contribution in [0.4, 0.5) is 0 Å². The first-order valence-electron chi connectivity index (χ1n) is 8.34. The molecule has 3 heteroatoms. The topological polar surface area (TPSA) is 32.3 Å². The number of carbonyl (C=O) groups is 1. The molecule has 3 nitrogen and oxygen atoms in total. The summed E-state index contributed by atoms with van der Waals surface area (Å²) in [5.74, 6) is 0.954. The van der Waals surface area contributed by atoms with Gasteiger partial charge in [0.25, 0.3) is 0 Å². The number of hydrogen-bond donors (Lipinski definition) is 1. The van der Waals surface area contributed by atoms with E-state index in [1.165, 1.54) is 70.9 Å². The van der Waals surface area contributed by atoms with E-state index in [9.17, 15) is 4.79 Å². The molecule has 1 N–H and O–H groups in total. The number of nitrogens with one attached hydrogen (secondary N) is 1. The number of amides is 1. The molecule has 0 unspecified atom stereocenters. The van der Waals surface area contributed by atoms with Gasteiger partial charge in [-0.1, -0.05) is 19.3 Å². The molecule has 0 aromatic carbocycles. The first kappa shape index (κ1) is 13.4. The van der Waals surface area contributed by atoms with Crippen molar-refractivity contribution < 1.29 is 4.79 Å². The van der Waals surface area contributed by atoms with Crippen LogP contribution >= 0.6 is 0 Å². The SMILES string of the molecule is O=C(CC1CCN(C2CC2)CC1)NC1CCCCC1. The maximum atomic E-state index is 12.1. The number of hydrogen-bond acceptors (Lipinski definition) is 2. The maximum absolute atomic E-state index is 12.1. The molecule has 1 amide bonds. The molecule has 3 fully saturated rings. The van der Waals surface area contributed by atoms with Gasteiger partial charge < -0.3 is 10.2 Å². The quantitative estimate of drug-likeness (QED) is 0.846. The van der Waals surface area contributed by atoms with Gasteiger partial charge in [0.15, 0.2) is 0 Å². The molecule has 0 radical (unpaired) electrons. The van der Waals surface area contributed by atoms with Crippen LogP contribution in [0, 0.1) is 5.92 Å². The lowest BCUT2D eigenvalue weighted by atomic mass is 9.92. The van der Waals surface area contributed by atoms with Gasteiger partial charge >= 0.3 is 0 Å². The normalized spacial score (nSPS) is 27.4. The molecule has 1 heterocycles. The van der Waals surface area contributed by atoms with Crippen LogP contribution in [0.15, 0.2) is 0 Å². The maximum Gasteiger partial charge on any atom is 0.220 e. The second-order valence-electron chi connectivity index (χ2n) is 6.82. The largest absolute Gasteiger partial charge is 0.353 e. The number of likely N-dealkylation sites (tertiary alicyclic amines) is 1. The summed E-state index contributed by atoms with van der Waals surface area (Å²) in [6.07, 6.45) is 12.4. The molecule has 0 bridgehead atoms. The summed E-state index contributed by atoms with van der Waals surface area (Å²) in [6.45, 7) is 2.46. The zero-order chi connectivity index (χ0) is 13.1.